The van der Waals surface area contributed by atoms with Crippen LogP contribution in [0.4, 0.5) is 5.95 Å². The molecule has 1 aromatic heterocycles. The fraction of sp³-hybridized carbons (Fsp3) is 0.269. The van der Waals surface area contributed by atoms with Gasteiger partial charge in [0, 0.05) is 11.6 Å². The van der Waals surface area contributed by atoms with E-state index in [9.17, 15) is 0 Å². The molecule has 29 heavy (non-hydrogen) atoms. The summed E-state index contributed by atoms with van der Waals surface area (Å²) in [4.78, 5) is 4.86. The molecule has 1 heterocycles. The summed E-state index contributed by atoms with van der Waals surface area (Å²) in [6.45, 7) is 10.8. The molecule has 2 N–H and O–H groups in total. The lowest BCUT2D eigenvalue weighted by Crippen LogP contribution is -2.05. The van der Waals surface area contributed by atoms with Crippen LogP contribution in [0.3, 0.4) is 0 Å². The molecule has 0 radical (unpaired) electrons. The Hall–Kier alpha value is -3.07. The number of nitrogens with two attached hydrogens (primary N) is 1. The van der Waals surface area contributed by atoms with E-state index in [1.54, 1.807) is 0 Å². The van der Waals surface area contributed by atoms with Gasteiger partial charge in [-0.1, -0.05) is 54.1 Å². The van der Waals surface area contributed by atoms with Crippen LogP contribution in [0, 0.1) is 20.8 Å². The number of nitrogen functional groups attached to an aromatic ring is 1. The van der Waals surface area contributed by atoms with E-state index in [0.717, 1.165) is 17.5 Å². The Morgan fingerprint density at radius 3 is 2.17 bits per heavy atom. The largest absolute Gasteiger partial charge is 0.369 e. The summed E-state index contributed by atoms with van der Waals surface area (Å²) in [7, 11) is 0. The Bertz CT molecular complexity index is 1160. The molecule has 0 saturated carbocycles. The lowest BCUT2D eigenvalue weighted by molar-refractivity contribution is 0.627. The predicted octanol–water partition coefficient (Wildman–Crippen LogP) is 6.38. The summed E-state index contributed by atoms with van der Waals surface area (Å²) >= 11 is 0. The molecule has 0 atom stereocenters. The number of aromatic nitrogens is 2. The lowest BCUT2D eigenvalue weighted by atomic mass is 9.88. The maximum atomic E-state index is 6.36. The zero-order chi connectivity index (χ0) is 20.7. The molecule has 0 fully saturated rings. The van der Waals surface area contributed by atoms with E-state index in [1.807, 2.05) is 0 Å². The average Bonchev–Trinajstić information content (AvgIpc) is 2.99. The van der Waals surface area contributed by atoms with Crippen molar-refractivity contribution in [3.05, 3.63) is 82.4 Å². The number of hydrogen-bond acceptors (Lipinski definition) is 2. The SMILES string of the molecule is Cc1cc(C)c(-c2c(Cc3ccccc3)ccc3c2nc(N)n3C(C)C)c(C)c1. The van der Waals surface area contributed by atoms with Crippen LogP contribution in [0.1, 0.15) is 47.7 Å². The Balaban J connectivity index is 2.05. The number of hydrogen-bond donors (Lipinski definition) is 1. The van der Waals surface area contributed by atoms with Crippen LogP contribution in [-0.2, 0) is 6.42 Å². The molecule has 0 unspecified atom stereocenters. The monoisotopic (exact) mass is 383 g/mol. The van der Waals surface area contributed by atoms with Gasteiger partial charge in [0.05, 0.1) is 11.0 Å². The topological polar surface area (TPSA) is 43.8 Å². The highest BCUT2D eigenvalue weighted by atomic mass is 15.2. The fourth-order valence-corrected chi connectivity index (χ4v) is 4.58. The molecule has 0 amide bonds. The predicted molar refractivity (Wildman–Crippen MR) is 123 cm³/mol. The van der Waals surface area contributed by atoms with Crippen molar-refractivity contribution in [1.29, 1.82) is 0 Å². The highest BCUT2D eigenvalue weighted by Gasteiger charge is 2.20. The van der Waals surface area contributed by atoms with Gasteiger partial charge in [-0.05, 0) is 74.9 Å². The van der Waals surface area contributed by atoms with Gasteiger partial charge in [0.2, 0.25) is 5.95 Å². The first-order valence-electron chi connectivity index (χ1n) is 10.3. The van der Waals surface area contributed by atoms with Crippen molar-refractivity contribution in [2.45, 2.75) is 47.1 Å². The zero-order valence-corrected chi connectivity index (χ0v) is 18.0. The van der Waals surface area contributed by atoms with Crippen LogP contribution in [0.2, 0.25) is 0 Å². The normalized spacial score (nSPS) is 11.5. The molecule has 3 heteroatoms. The number of aryl methyl sites for hydroxylation is 3. The minimum atomic E-state index is 0.257. The van der Waals surface area contributed by atoms with Crippen molar-refractivity contribution in [3.63, 3.8) is 0 Å². The van der Waals surface area contributed by atoms with Crippen LogP contribution >= 0.6 is 0 Å². The van der Waals surface area contributed by atoms with Crippen LogP contribution in [0.5, 0.6) is 0 Å². The fourth-order valence-electron chi connectivity index (χ4n) is 4.58. The van der Waals surface area contributed by atoms with Crippen molar-refractivity contribution in [1.82, 2.24) is 9.55 Å². The van der Waals surface area contributed by atoms with E-state index < -0.39 is 0 Å². The number of nitrogens with zero attached hydrogens (tertiary/aromatic N) is 2. The van der Waals surface area contributed by atoms with E-state index in [2.05, 4.69) is 93.8 Å². The zero-order valence-electron chi connectivity index (χ0n) is 18.0. The third-order valence-electron chi connectivity index (χ3n) is 5.66. The third-order valence-corrected chi connectivity index (χ3v) is 5.66. The summed E-state index contributed by atoms with van der Waals surface area (Å²) in [6.07, 6.45) is 0.868. The van der Waals surface area contributed by atoms with E-state index in [0.29, 0.717) is 5.95 Å². The average molecular weight is 384 g/mol. The number of benzene rings is 3. The number of anilines is 1. The summed E-state index contributed by atoms with van der Waals surface area (Å²) in [5.74, 6) is 0.579. The molecular weight excluding hydrogens is 354 g/mol. The first-order chi connectivity index (χ1) is 13.9. The highest BCUT2D eigenvalue weighted by Crippen LogP contribution is 2.39. The van der Waals surface area contributed by atoms with E-state index >= 15 is 0 Å². The number of fused-ring (bicyclic) bond motifs is 1. The van der Waals surface area contributed by atoms with Gasteiger partial charge in [-0.2, -0.15) is 0 Å². The van der Waals surface area contributed by atoms with Crippen LogP contribution in [0.15, 0.2) is 54.6 Å². The van der Waals surface area contributed by atoms with Gasteiger partial charge in [0.1, 0.15) is 0 Å². The Morgan fingerprint density at radius 1 is 0.897 bits per heavy atom. The van der Waals surface area contributed by atoms with Gasteiger partial charge in [0.15, 0.2) is 0 Å². The van der Waals surface area contributed by atoms with Gasteiger partial charge < -0.3 is 10.3 Å². The van der Waals surface area contributed by atoms with Crippen LogP contribution < -0.4 is 5.73 Å². The molecule has 4 aromatic rings. The quantitative estimate of drug-likeness (QED) is 0.444. The summed E-state index contributed by atoms with van der Waals surface area (Å²) in [5, 5.41) is 0. The first-order valence-corrected chi connectivity index (χ1v) is 10.3. The van der Waals surface area contributed by atoms with Crippen molar-refractivity contribution < 1.29 is 0 Å². The lowest BCUT2D eigenvalue weighted by Gasteiger charge is -2.18. The molecule has 3 nitrogen and oxygen atoms in total. The molecule has 0 saturated heterocycles. The molecule has 0 bridgehead atoms. The van der Waals surface area contributed by atoms with Gasteiger partial charge >= 0.3 is 0 Å². The number of rotatable bonds is 4. The number of imidazole rings is 1. The first kappa shape index (κ1) is 19.3. The Kier molecular flexibility index (Phi) is 4.91. The summed E-state index contributed by atoms with van der Waals surface area (Å²) < 4.78 is 2.13. The minimum absolute atomic E-state index is 0.257. The van der Waals surface area contributed by atoms with Gasteiger partial charge in [0.25, 0.3) is 0 Å². The second kappa shape index (κ2) is 7.40. The highest BCUT2D eigenvalue weighted by molar-refractivity contribution is 5.97. The Morgan fingerprint density at radius 2 is 1.55 bits per heavy atom. The van der Waals surface area contributed by atoms with Crippen molar-refractivity contribution in [3.8, 4) is 11.1 Å². The summed E-state index contributed by atoms with van der Waals surface area (Å²) in [6, 6.07) is 19.8. The molecule has 0 aliphatic rings. The maximum absolute atomic E-state index is 6.36. The van der Waals surface area contributed by atoms with E-state index in [4.69, 9.17) is 10.7 Å². The molecule has 4 rings (SSSR count). The molecule has 0 aliphatic heterocycles. The van der Waals surface area contributed by atoms with Gasteiger partial charge in [-0.25, -0.2) is 4.98 Å². The smallest absolute Gasteiger partial charge is 0.201 e. The van der Waals surface area contributed by atoms with Gasteiger partial charge in [-0.3, -0.25) is 0 Å². The molecule has 0 spiro atoms. The van der Waals surface area contributed by atoms with Crippen LogP contribution in [-0.4, -0.2) is 9.55 Å². The second-order valence-electron chi connectivity index (χ2n) is 8.34. The standard InChI is InChI=1S/C26H29N3/c1-16(2)29-22-12-11-21(15-20-9-7-6-8-10-20)24(25(22)28-26(29)27)23-18(4)13-17(3)14-19(23)5/h6-14,16H,15H2,1-5H3,(H2,27,28). The van der Waals surface area contributed by atoms with Crippen molar-refractivity contribution >= 4 is 17.0 Å². The summed E-state index contributed by atoms with van der Waals surface area (Å²) in [5.41, 5.74) is 17.4. The van der Waals surface area contributed by atoms with Crippen molar-refractivity contribution in [2.24, 2.45) is 0 Å². The minimum Gasteiger partial charge on any atom is -0.369 e. The maximum Gasteiger partial charge on any atom is 0.201 e. The molecular formula is C26H29N3. The molecule has 148 valence electrons. The van der Waals surface area contributed by atoms with Gasteiger partial charge in [-0.15, -0.1) is 0 Å². The van der Waals surface area contributed by atoms with E-state index in [-0.39, 0.29) is 6.04 Å². The Labute approximate surface area is 173 Å². The molecule has 3 aromatic carbocycles. The molecule has 0 aliphatic carbocycles. The third kappa shape index (κ3) is 3.42. The van der Waals surface area contributed by atoms with Crippen LogP contribution in [0.25, 0.3) is 22.2 Å². The second-order valence-corrected chi connectivity index (χ2v) is 8.34. The van der Waals surface area contributed by atoms with E-state index in [1.165, 1.54) is 38.9 Å². The van der Waals surface area contributed by atoms with Crippen molar-refractivity contribution in [2.75, 3.05) is 5.73 Å².